The van der Waals surface area contributed by atoms with Gasteiger partial charge in [-0.2, -0.15) is 0 Å². The molecular weight excluding hydrogens is 240 g/mol. The molecule has 0 radical (unpaired) electrons. The van der Waals surface area contributed by atoms with Gasteiger partial charge in [-0.05, 0) is 44.8 Å². The molecule has 3 nitrogen and oxygen atoms in total. The Kier molecular flexibility index (Phi) is 3.48. The van der Waals surface area contributed by atoms with Gasteiger partial charge in [-0.3, -0.25) is 9.59 Å². The van der Waals surface area contributed by atoms with E-state index in [2.05, 4.69) is 6.58 Å². The first-order valence-electron chi connectivity index (χ1n) is 6.60. The number of ketones is 1. The summed E-state index contributed by atoms with van der Waals surface area (Å²) < 4.78 is 5.50. The molecule has 1 saturated carbocycles. The zero-order valence-electron chi connectivity index (χ0n) is 11.7. The first kappa shape index (κ1) is 13.8. The maximum Gasteiger partial charge on any atom is 0.302 e. The zero-order chi connectivity index (χ0) is 14.2. The van der Waals surface area contributed by atoms with E-state index in [0.717, 1.165) is 24.0 Å². The van der Waals surface area contributed by atoms with Gasteiger partial charge in [-0.25, -0.2) is 0 Å². The van der Waals surface area contributed by atoms with Crippen molar-refractivity contribution < 1.29 is 14.3 Å². The van der Waals surface area contributed by atoms with E-state index in [-0.39, 0.29) is 29.2 Å². The van der Waals surface area contributed by atoms with E-state index in [9.17, 15) is 9.59 Å². The van der Waals surface area contributed by atoms with E-state index in [4.69, 9.17) is 4.74 Å². The average molecular weight is 260 g/mol. The largest absolute Gasteiger partial charge is 0.461 e. The Morgan fingerprint density at radius 3 is 2.74 bits per heavy atom. The summed E-state index contributed by atoms with van der Waals surface area (Å²) >= 11 is 0. The van der Waals surface area contributed by atoms with Crippen molar-refractivity contribution in [2.75, 3.05) is 0 Å². The maximum absolute atomic E-state index is 11.6. The first-order chi connectivity index (χ1) is 8.83. The van der Waals surface area contributed by atoms with Gasteiger partial charge in [0.15, 0.2) is 5.78 Å². The van der Waals surface area contributed by atoms with E-state index >= 15 is 0 Å². The normalized spacial score (nSPS) is 33.4. The fraction of sp³-hybridized carbons (Fsp3) is 0.500. The second kappa shape index (κ2) is 4.80. The van der Waals surface area contributed by atoms with Gasteiger partial charge in [0.05, 0.1) is 0 Å². The lowest BCUT2D eigenvalue weighted by Crippen LogP contribution is -2.43. The van der Waals surface area contributed by atoms with Gasteiger partial charge in [0.1, 0.15) is 6.10 Å². The summed E-state index contributed by atoms with van der Waals surface area (Å²) in [5.74, 6) is -0.00219. The highest BCUT2D eigenvalue weighted by Gasteiger charge is 2.45. The summed E-state index contributed by atoms with van der Waals surface area (Å²) in [5, 5.41) is 0. The molecule has 0 aromatic rings. The first-order valence-corrected chi connectivity index (χ1v) is 6.60. The van der Waals surface area contributed by atoms with Crippen molar-refractivity contribution in [2.45, 2.75) is 39.7 Å². The van der Waals surface area contributed by atoms with Crippen LogP contribution in [-0.4, -0.2) is 17.9 Å². The Balaban J connectivity index is 2.37. The standard InChI is InChI=1S/C16H20O3/c1-10(2)12-7-13-9-14(18)5-6-16(13,4)15(8-12)19-11(3)17/h5-6,9,12,15H,1,7-8H2,2-4H3/t12-,15+,16+/m0/s1. The Bertz CT molecular complexity index is 498. The number of carbonyl (C=O) groups excluding carboxylic acids is 2. The number of hydrogen-bond donors (Lipinski definition) is 0. The molecule has 0 heterocycles. The number of ether oxygens (including phenoxy) is 1. The number of rotatable bonds is 2. The molecule has 0 N–H and O–H groups in total. The molecular formula is C16H20O3. The molecule has 0 bridgehead atoms. The molecule has 2 aliphatic carbocycles. The van der Waals surface area contributed by atoms with Crippen LogP contribution in [-0.2, 0) is 14.3 Å². The summed E-state index contributed by atoms with van der Waals surface area (Å²) in [6.45, 7) is 9.44. The van der Waals surface area contributed by atoms with Crippen molar-refractivity contribution in [3.63, 3.8) is 0 Å². The van der Waals surface area contributed by atoms with Crippen LogP contribution in [0.3, 0.4) is 0 Å². The number of hydrogen-bond acceptors (Lipinski definition) is 3. The van der Waals surface area contributed by atoms with Gasteiger partial charge >= 0.3 is 5.97 Å². The highest BCUT2D eigenvalue weighted by molar-refractivity contribution is 6.01. The summed E-state index contributed by atoms with van der Waals surface area (Å²) in [7, 11) is 0. The Morgan fingerprint density at radius 1 is 1.47 bits per heavy atom. The van der Waals surface area contributed by atoms with Crippen LogP contribution in [0.15, 0.2) is 36.0 Å². The van der Waals surface area contributed by atoms with Gasteiger partial charge in [-0.1, -0.05) is 23.8 Å². The summed E-state index contributed by atoms with van der Waals surface area (Å²) in [6.07, 6.45) is 6.50. The minimum Gasteiger partial charge on any atom is -0.461 e. The van der Waals surface area contributed by atoms with E-state index in [1.165, 1.54) is 6.92 Å². The molecule has 3 heteroatoms. The second-order valence-corrected chi connectivity index (χ2v) is 5.77. The van der Waals surface area contributed by atoms with Crippen molar-refractivity contribution in [1.82, 2.24) is 0 Å². The van der Waals surface area contributed by atoms with E-state index in [0.29, 0.717) is 0 Å². The third kappa shape index (κ3) is 2.55. The minimum absolute atomic E-state index is 0.0106. The van der Waals surface area contributed by atoms with Crippen molar-refractivity contribution in [1.29, 1.82) is 0 Å². The van der Waals surface area contributed by atoms with Gasteiger partial charge in [-0.15, -0.1) is 0 Å². The third-order valence-electron chi connectivity index (χ3n) is 4.24. The van der Waals surface area contributed by atoms with Crippen molar-refractivity contribution in [2.24, 2.45) is 11.3 Å². The molecule has 19 heavy (non-hydrogen) atoms. The fourth-order valence-electron chi connectivity index (χ4n) is 2.93. The van der Waals surface area contributed by atoms with Crippen LogP contribution in [0.1, 0.15) is 33.6 Å². The highest BCUT2D eigenvalue weighted by Crippen LogP contribution is 2.48. The molecule has 0 aromatic heterocycles. The molecule has 2 aliphatic rings. The Labute approximate surface area is 114 Å². The summed E-state index contributed by atoms with van der Waals surface area (Å²) in [4.78, 5) is 22.9. The molecule has 2 rings (SSSR count). The fourth-order valence-corrected chi connectivity index (χ4v) is 2.93. The number of fused-ring (bicyclic) bond motifs is 1. The third-order valence-corrected chi connectivity index (χ3v) is 4.24. The van der Waals surface area contributed by atoms with Crippen LogP contribution < -0.4 is 0 Å². The lowest BCUT2D eigenvalue weighted by molar-refractivity contribution is -0.152. The topological polar surface area (TPSA) is 43.4 Å². The van der Waals surface area contributed by atoms with Crippen LogP contribution >= 0.6 is 0 Å². The lowest BCUT2D eigenvalue weighted by Gasteiger charge is -2.45. The number of esters is 1. The zero-order valence-corrected chi connectivity index (χ0v) is 11.7. The highest BCUT2D eigenvalue weighted by atomic mass is 16.5. The monoisotopic (exact) mass is 260 g/mol. The molecule has 0 aliphatic heterocycles. The molecule has 0 amide bonds. The molecule has 0 aromatic carbocycles. The van der Waals surface area contributed by atoms with Crippen molar-refractivity contribution >= 4 is 11.8 Å². The Morgan fingerprint density at radius 2 is 2.16 bits per heavy atom. The van der Waals surface area contributed by atoms with Crippen LogP contribution in [0.2, 0.25) is 0 Å². The van der Waals surface area contributed by atoms with Gasteiger partial charge < -0.3 is 4.74 Å². The minimum atomic E-state index is -0.356. The van der Waals surface area contributed by atoms with Crippen LogP contribution in [0, 0.1) is 11.3 Å². The van der Waals surface area contributed by atoms with Crippen molar-refractivity contribution in [3.8, 4) is 0 Å². The van der Waals surface area contributed by atoms with Gasteiger partial charge in [0, 0.05) is 12.3 Å². The summed E-state index contributed by atoms with van der Waals surface area (Å²) in [5.41, 5.74) is 1.76. The van der Waals surface area contributed by atoms with Gasteiger partial charge in [0.2, 0.25) is 0 Å². The number of carbonyl (C=O) groups is 2. The predicted molar refractivity (Wildman–Crippen MR) is 73.4 cm³/mol. The van der Waals surface area contributed by atoms with E-state index < -0.39 is 0 Å². The van der Waals surface area contributed by atoms with E-state index in [1.807, 2.05) is 19.9 Å². The SMILES string of the molecule is C=C(C)[C@H]1CC2=CC(=O)C=C[C@@]2(C)[C@H](OC(C)=O)C1. The molecule has 3 atom stereocenters. The van der Waals surface area contributed by atoms with Crippen molar-refractivity contribution in [3.05, 3.63) is 36.0 Å². The average Bonchev–Trinajstić information content (AvgIpc) is 2.30. The van der Waals surface area contributed by atoms with Crippen LogP contribution in [0.5, 0.6) is 0 Å². The smallest absolute Gasteiger partial charge is 0.302 e. The quantitative estimate of drug-likeness (QED) is 0.566. The molecule has 102 valence electrons. The lowest BCUT2D eigenvalue weighted by atomic mass is 9.63. The number of allylic oxidation sites excluding steroid dienone is 3. The second-order valence-electron chi connectivity index (χ2n) is 5.77. The van der Waals surface area contributed by atoms with Crippen LogP contribution in [0.25, 0.3) is 0 Å². The maximum atomic E-state index is 11.6. The van der Waals surface area contributed by atoms with E-state index in [1.54, 1.807) is 12.2 Å². The van der Waals surface area contributed by atoms with Gasteiger partial charge in [0.25, 0.3) is 0 Å². The molecule has 0 spiro atoms. The molecule has 0 unspecified atom stereocenters. The Hall–Kier alpha value is -1.64. The predicted octanol–water partition coefficient (Wildman–Crippen LogP) is 2.98. The van der Waals surface area contributed by atoms with Crippen LogP contribution in [0.4, 0.5) is 0 Å². The summed E-state index contributed by atoms with van der Waals surface area (Å²) in [6, 6.07) is 0. The molecule has 1 fully saturated rings. The molecule has 0 saturated heterocycles.